The Bertz CT molecular complexity index is 1570. The highest BCUT2D eigenvalue weighted by Crippen LogP contribution is 2.40. The van der Waals surface area contributed by atoms with Crippen molar-refractivity contribution in [2.24, 2.45) is 17.8 Å². The SMILES string of the molecule is CC[C@H]1OC(=O)[C@H](C)[C@@H](OC2C[C@@](C)(OC)[C@@H](O)[C@H](C)O2)[C@H](C)[C@@H](O[C@@H]2O[C@H](C)C[C@H](N(C)Cc3ccc(C(C)(C)C)cc3)[C@H]2O)[C@](C)(O)C[C@@H](C)CN(C)[C@H](C)[C@@H](O)[C@]1(C)O. The summed E-state index contributed by atoms with van der Waals surface area (Å²) < 4.78 is 38.2. The number of nitrogens with zero attached hydrogens (tertiary/aromatic N) is 2. The topological polar surface area (TPSA) is 180 Å². The van der Waals surface area contributed by atoms with Crippen LogP contribution in [0.25, 0.3) is 0 Å². The fourth-order valence-electron chi connectivity index (χ4n) is 10.2. The van der Waals surface area contributed by atoms with Crippen molar-refractivity contribution in [3.05, 3.63) is 35.4 Å². The zero-order chi connectivity index (χ0) is 46.9. The average Bonchev–Trinajstić information content (AvgIpc) is 3.18. The van der Waals surface area contributed by atoms with E-state index in [0.29, 0.717) is 19.5 Å². The van der Waals surface area contributed by atoms with Gasteiger partial charge in [-0.3, -0.25) is 9.69 Å². The summed E-state index contributed by atoms with van der Waals surface area (Å²) >= 11 is 0. The molecule has 0 saturated carbocycles. The van der Waals surface area contributed by atoms with Gasteiger partial charge in [-0.1, -0.05) is 65.8 Å². The molecule has 3 aliphatic heterocycles. The van der Waals surface area contributed by atoms with E-state index in [2.05, 4.69) is 49.9 Å². The van der Waals surface area contributed by atoms with Crippen LogP contribution in [0.4, 0.5) is 0 Å². The fraction of sp³-hybridized carbons (Fsp3) is 0.854. The van der Waals surface area contributed by atoms with E-state index in [0.717, 1.165) is 5.56 Å². The third-order valence-corrected chi connectivity index (χ3v) is 14.4. The number of aliphatic hydroxyl groups excluding tert-OH is 3. The minimum atomic E-state index is -1.82. The number of aliphatic hydroxyl groups is 5. The smallest absolute Gasteiger partial charge is 0.311 e. The highest BCUT2D eigenvalue weighted by atomic mass is 16.7. The Morgan fingerprint density at radius 1 is 0.919 bits per heavy atom. The van der Waals surface area contributed by atoms with E-state index in [9.17, 15) is 30.3 Å². The van der Waals surface area contributed by atoms with Crippen LogP contribution in [0.3, 0.4) is 0 Å². The molecule has 0 amide bonds. The van der Waals surface area contributed by atoms with Crippen molar-refractivity contribution in [1.82, 2.24) is 9.80 Å². The van der Waals surface area contributed by atoms with Gasteiger partial charge in [-0.15, -0.1) is 0 Å². The number of esters is 1. The number of ether oxygens (including phenoxy) is 6. The van der Waals surface area contributed by atoms with Gasteiger partial charge in [0.1, 0.15) is 30.0 Å². The Morgan fingerprint density at radius 2 is 1.53 bits per heavy atom. The largest absolute Gasteiger partial charge is 0.459 e. The van der Waals surface area contributed by atoms with Crippen LogP contribution in [0.15, 0.2) is 24.3 Å². The lowest BCUT2D eigenvalue weighted by atomic mass is 9.77. The number of carbonyl (C=O) groups is 1. The lowest BCUT2D eigenvalue weighted by Crippen LogP contribution is -2.60. The van der Waals surface area contributed by atoms with Crippen LogP contribution in [-0.4, -0.2) is 159 Å². The van der Waals surface area contributed by atoms with Gasteiger partial charge in [0.15, 0.2) is 12.6 Å². The van der Waals surface area contributed by atoms with Gasteiger partial charge in [0.05, 0.1) is 41.5 Å². The molecule has 0 aliphatic carbocycles. The summed E-state index contributed by atoms with van der Waals surface area (Å²) in [6.45, 7) is 25.3. The van der Waals surface area contributed by atoms with E-state index in [1.54, 1.807) is 34.6 Å². The zero-order valence-electron chi connectivity index (χ0n) is 40.7. The molecule has 1 aromatic rings. The van der Waals surface area contributed by atoms with Crippen LogP contribution in [0.5, 0.6) is 0 Å². The van der Waals surface area contributed by atoms with Crippen LogP contribution in [0.2, 0.25) is 0 Å². The maximum atomic E-state index is 14.4. The van der Waals surface area contributed by atoms with Gasteiger partial charge in [0.2, 0.25) is 0 Å². The third-order valence-electron chi connectivity index (χ3n) is 14.4. The van der Waals surface area contributed by atoms with Crippen molar-refractivity contribution >= 4 is 5.97 Å². The van der Waals surface area contributed by atoms with E-state index in [4.69, 9.17) is 28.4 Å². The Morgan fingerprint density at radius 3 is 2.10 bits per heavy atom. The number of methoxy groups -OCH3 is 1. The predicted molar refractivity (Wildman–Crippen MR) is 237 cm³/mol. The summed E-state index contributed by atoms with van der Waals surface area (Å²) in [5, 5.41) is 59.4. The van der Waals surface area contributed by atoms with Crippen molar-refractivity contribution in [1.29, 1.82) is 0 Å². The van der Waals surface area contributed by atoms with Crippen molar-refractivity contribution in [3.63, 3.8) is 0 Å². The Labute approximate surface area is 372 Å². The minimum absolute atomic E-state index is 0.0232. The van der Waals surface area contributed by atoms with Crippen LogP contribution in [-0.2, 0) is 45.2 Å². The number of benzene rings is 1. The van der Waals surface area contributed by atoms with Crippen molar-refractivity contribution < 1.29 is 58.7 Å². The van der Waals surface area contributed by atoms with E-state index in [1.807, 2.05) is 46.7 Å². The summed E-state index contributed by atoms with van der Waals surface area (Å²) in [4.78, 5) is 18.5. The van der Waals surface area contributed by atoms with Gasteiger partial charge in [-0.2, -0.15) is 0 Å². The van der Waals surface area contributed by atoms with Gasteiger partial charge < -0.3 is 58.9 Å². The maximum Gasteiger partial charge on any atom is 0.311 e. The summed E-state index contributed by atoms with van der Waals surface area (Å²) in [5.41, 5.74) is -2.08. The highest BCUT2D eigenvalue weighted by Gasteiger charge is 2.53. The first-order valence-electron chi connectivity index (χ1n) is 22.9. The van der Waals surface area contributed by atoms with Crippen molar-refractivity contribution in [2.75, 3.05) is 27.7 Å². The molecule has 3 saturated heterocycles. The van der Waals surface area contributed by atoms with Crippen LogP contribution in [0, 0.1) is 17.8 Å². The lowest BCUT2D eigenvalue weighted by Gasteiger charge is -2.49. The van der Waals surface area contributed by atoms with Gasteiger partial charge in [-0.05, 0) is 104 Å². The summed E-state index contributed by atoms with van der Waals surface area (Å²) in [5.74, 6) is -2.67. The first-order valence-corrected chi connectivity index (χ1v) is 22.9. The standard InChI is InChI=1S/C48H84N2O12/c1-17-36-48(13,56)40(52)31(6)49(14)25-27(2)23-46(11,55)42(29(4)39(30(5)43(54)60-36)61-37-24-47(12,57-16)41(53)32(7)59-37)62-44-38(51)35(22-28(3)58-44)50(15)26-33-18-20-34(21-19-33)45(8,9)10/h18-21,27-32,35-42,44,51-53,55-56H,17,22-26H2,1-16H3/t27-,28-,29+,30-,31-,32+,35+,36-,37?,38-,39+,40-,41+,42-,44+,46-,47-,48-/m1/s1. The Kier molecular flexibility index (Phi) is 17.7. The fourth-order valence-corrected chi connectivity index (χ4v) is 10.2. The van der Waals surface area contributed by atoms with E-state index in [1.165, 1.54) is 19.6 Å². The molecule has 14 nitrogen and oxygen atoms in total. The van der Waals surface area contributed by atoms with Gasteiger partial charge in [0, 0.05) is 44.6 Å². The number of likely N-dealkylation sites (N-methyl/N-ethyl adjacent to an activating group) is 2. The van der Waals surface area contributed by atoms with Crippen LogP contribution < -0.4 is 0 Å². The average molecular weight is 881 g/mol. The van der Waals surface area contributed by atoms with Crippen molar-refractivity contribution in [3.8, 4) is 0 Å². The third kappa shape index (κ3) is 12.2. The second kappa shape index (κ2) is 20.8. The van der Waals surface area contributed by atoms with E-state index >= 15 is 0 Å². The molecular weight excluding hydrogens is 797 g/mol. The first-order chi connectivity index (χ1) is 28.6. The highest BCUT2D eigenvalue weighted by molar-refractivity contribution is 5.73. The second-order valence-electron chi connectivity index (χ2n) is 21.1. The normalized spacial score (nSPS) is 43.8. The first kappa shape index (κ1) is 52.8. The van der Waals surface area contributed by atoms with E-state index < -0.39 is 96.0 Å². The molecule has 3 aliphatic rings. The number of rotatable bonds is 9. The molecule has 358 valence electrons. The number of hydrogen-bond acceptors (Lipinski definition) is 14. The molecule has 3 heterocycles. The summed E-state index contributed by atoms with van der Waals surface area (Å²) in [6, 6.07) is 7.63. The maximum absolute atomic E-state index is 14.4. The van der Waals surface area contributed by atoms with Gasteiger partial charge in [-0.25, -0.2) is 0 Å². The molecule has 0 spiro atoms. The monoisotopic (exact) mass is 881 g/mol. The molecule has 0 bridgehead atoms. The number of cyclic esters (lactones) is 1. The van der Waals surface area contributed by atoms with Crippen LogP contribution >= 0.6 is 0 Å². The minimum Gasteiger partial charge on any atom is -0.459 e. The summed E-state index contributed by atoms with van der Waals surface area (Å²) in [7, 11) is 5.34. The molecule has 0 aromatic heterocycles. The molecule has 18 atom stereocenters. The van der Waals surface area contributed by atoms with E-state index in [-0.39, 0.29) is 42.7 Å². The molecule has 14 heteroatoms. The summed E-state index contributed by atoms with van der Waals surface area (Å²) in [6.07, 6.45) is -8.60. The Balaban J connectivity index is 1.77. The van der Waals surface area contributed by atoms with Crippen LogP contribution in [0.1, 0.15) is 127 Å². The molecular formula is C48H84N2O12. The second-order valence-corrected chi connectivity index (χ2v) is 21.1. The number of carbonyl (C=O) groups excluding carboxylic acids is 1. The molecule has 1 aromatic carbocycles. The number of hydrogen-bond donors (Lipinski definition) is 5. The molecule has 62 heavy (non-hydrogen) atoms. The molecule has 3 fully saturated rings. The molecule has 0 radical (unpaired) electrons. The zero-order valence-corrected chi connectivity index (χ0v) is 40.7. The Hall–Kier alpha value is -1.79. The van der Waals surface area contributed by atoms with Gasteiger partial charge >= 0.3 is 5.97 Å². The molecule has 5 N–H and O–H groups in total. The predicted octanol–water partition coefficient (Wildman–Crippen LogP) is 4.77. The van der Waals surface area contributed by atoms with Gasteiger partial charge in [0.25, 0.3) is 0 Å². The quantitative estimate of drug-likeness (QED) is 0.214. The molecule has 1 unspecified atom stereocenters. The lowest BCUT2D eigenvalue weighted by molar-refractivity contribution is -0.318. The molecule has 4 rings (SSSR count). The van der Waals surface area contributed by atoms with Crippen molar-refractivity contribution in [2.45, 2.75) is 218 Å².